The van der Waals surface area contributed by atoms with E-state index in [9.17, 15) is 9.59 Å². The largest absolute Gasteiger partial charge is 0.367 e. The van der Waals surface area contributed by atoms with Crippen molar-refractivity contribution in [1.82, 2.24) is 5.32 Å². The molecule has 0 fully saturated rings. The molecule has 1 aliphatic heterocycles. The lowest BCUT2D eigenvalue weighted by atomic mass is 10.1. The van der Waals surface area contributed by atoms with Crippen LogP contribution in [0.4, 0.5) is 5.69 Å². The SMILES string of the molecule is CNC(=O)C1Cc2ccccc2N1C(=O)COCc1ccccc1. The van der Waals surface area contributed by atoms with Crippen molar-refractivity contribution in [2.45, 2.75) is 19.1 Å². The van der Waals surface area contributed by atoms with Gasteiger partial charge < -0.3 is 10.1 Å². The average Bonchev–Trinajstić information content (AvgIpc) is 3.01. The van der Waals surface area contributed by atoms with Gasteiger partial charge in [0, 0.05) is 19.2 Å². The number of likely N-dealkylation sites (N-methyl/N-ethyl adjacent to an activating group) is 1. The lowest BCUT2D eigenvalue weighted by molar-refractivity contribution is -0.128. The fourth-order valence-corrected chi connectivity index (χ4v) is 2.97. The van der Waals surface area contributed by atoms with Crippen molar-refractivity contribution < 1.29 is 14.3 Å². The molecule has 2 aromatic rings. The molecule has 0 aliphatic carbocycles. The topological polar surface area (TPSA) is 58.6 Å². The Morgan fingerprint density at radius 2 is 1.83 bits per heavy atom. The minimum absolute atomic E-state index is 0.0588. The zero-order valence-corrected chi connectivity index (χ0v) is 13.6. The van der Waals surface area contributed by atoms with Crippen LogP contribution in [0.15, 0.2) is 54.6 Å². The Bertz CT molecular complexity index is 730. The van der Waals surface area contributed by atoms with E-state index in [1.165, 1.54) is 0 Å². The number of carbonyl (C=O) groups is 2. The van der Waals surface area contributed by atoms with Gasteiger partial charge in [-0.15, -0.1) is 0 Å². The van der Waals surface area contributed by atoms with Gasteiger partial charge in [-0.25, -0.2) is 0 Å². The molecule has 5 nitrogen and oxygen atoms in total. The quantitative estimate of drug-likeness (QED) is 0.914. The van der Waals surface area contributed by atoms with E-state index in [2.05, 4.69) is 5.32 Å². The van der Waals surface area contributed by atoms with Gasteiger partial charge in [0.2, 0.25) is 5.91 Å². The number of hydrogen-bond acceptors (Lipinski definition) is 3. The maximum absolute atomic E-state index is 12.6. The van der Waals surface area contributed by atoms with E-state index in [0.717, 1.165) is 16.8 Å². The van der Waals surface area contributed by atoms with Crippen LogP contribution in [-0.4, -0.2) is 31.5 Å². The molecular weight excluding hydrogens is 304 g/mol. The Morgan fingerprint density at radius 3 is 2.58 bits per heavy atom. The van der Waals surface area contributed by atoms with E-state index >= 15 is 0 Å². The van der Waals surface area contributed by atoms with E-state index in [-0.39, 0.29) is 18.4 Å². The Balaban J connectivity index is 1.70. The lowest BCUT2D eigenvalue weighted by Crippen LogP contribution is -2.48. The molecule has 2 aromatic carbocycles. The van der Waals surface area contributed by atoms with Crippen molar-refractivity contribution in [3.05, 3.63) is 65.7 Å². The number of nitrogens with one attached hydrogen (secondary N) is 1. The molecule has 0 bridgehead atoms. The van der Waals surface area contributed by atoms with E-state index in [4.69, 9.17) is 4.74 Å². The lowest BCUT2D eigenvalue weighted by Gasteiger charge is -2.24. The number of para-hydroxylation sites is 1. The van der Waals surface area contributed by atoms with Gasteiger partial charge in [-0.3, -0.25) is 14.5 Å². The number of rotatable bonds is 5. The van der Waals surface area contributed by atoms with Gasteiger partial charge in [0.1, 0.15) is 12.6 Å². The maximum Gasteiger partial charge on any atom is 0.253 e. The van der Waals surface area contributed by atoms with E-state index in [1.54, 1.807) is 11.9 Å². The van der Waals surface area contributed by atoms with Crippen LogP contribution >= 0.6 is 0 Å². The molecule has 2 amide bonds. The van der Waals surface area contributed by atoms with E-state index < -0.39 is 6.04 Å². The van der Waals surface area contributed by atoms with Crippen molar-refractivity contribution in [3.63, 3.8) is 0 Å². The maximum atomic E-state index is 12.6. The first-order chi connectivity index (χ1) is 11.7. The van der Waals surface area contributed by atoms with Crippen molar-refractivity contribution >= 4 is 17.5 Å². The van der Waals surface area contributed by atoms with Gasteiger partial charge in [-0.2, -0.15) is 0 Å². The van der Waals surface area contributed by atoms with Gasteiger partial charge in [-0.1, -0.05) is 48.5 Å². The predicted octanol–water partition coefficient (Wildman–Crippen LogP) is 1.91. The summed E-state index contributed by atoms with van der Waals surface area (Å²) in [5.74, 6) is -0.368. The third-order valence-corrected chi connectivity index (χ3v) is 4.13. The molecule has 1 aliphatic rings. The molecule has 24 heavy (non-hydrogen) atoms. The molecule has 0 saturated carbocycles. The van der Waals surface area contributed by atoms with Crippen molar-refractivity contribution in [1.29, 1.82) is 0 Å². The van der Waals surface area contributed by atoms with Crippen LogP contribution in [0.5, 0.6) is 0 Å². The highest BCUT2D eigenvalue weighted by molar-refractivity contribution is 6.03. The standard InChI is InChI=1S/C19H20N2O3/c1-20-19(23)17-11-15-9-5-6-10-16(15)21(17)18(22)13-24-12-14-7-3-2-4-8-14/h2-10,17H,11-13H2,1H3,(H,20,23). The van der Waals surface area contributed by atoms with Gasteiger partial charge in [0.25, 0.3) is 5.91 Å². The third kappa shape index (κ3) is 3.31. The molecule has 1 atom stereocenters. The zero-order valence-electron chi connectivity index (χ0n) is 13.6. The number of benzene rings is 2. The summed E-state index contributed by atoms with van der Waals surface area (Å²) >= 11 is 0. The number of amides is 2. The molecular formula is C19H20N2O3. The second kappa shape index (κ2) is 7.27. The molecule has 1 N–H and O–H groups in total. The molecule has 124 valence electrons. The number of ether oxygens (including phenoxy) is 1. The van der Waals surface area contributed by atoms with Crippen LogP contribution in [0.2, 0.25) is 0 Å². The molecule has 0 spiro atoms. The highest BCUT2D eigenvalue weighted by Crippen LogP contribution is 2.32. The number of carbonyl (C=O) groups excluding carboxylic acids is 2. The predicted molar refractivity (Wildman–Crippen MR) is 91.6 cm³/mol. The van der Waals surface area contributed by atoms with E-state index in [1.807, 2.05) is 54.6 Å². The summed E-state index contributed by atoms with van der Waals surface area (Å²) in [6.07, 6.45) is 0.528. The van der Waals surface area contributed by atoms with Crippen molar-refractivity contribution in [2.24, 2.45) is 0 Å². The summed E-state index contributed by atoms with van der Waals surface area (Å²) in [5, 5.41) is 2.63. The first kappa shape index (κ1) is 16.2. The Labute approximate surface area is 141 Å². The minimum Gasteiger partial charge on any atom is -0.367 e. The third-order valence-electron chi connectivity index (χ3n) is 4.13. The van der Waals surface area contributed by atoms with Gasteiger partial charge in [-0.05, 0) is 17.2 Å². The second-order valence-electron chi connectivity index (χ2n) is 5.71. The molecule has 0 aromatic heterocycles. The van der Waals surface area contributed by atoms with Crippen LogP contribution in [0.25, 0.3) is 0 Å². The van der Waals surface area contributed by atoms with Gasteiger partial charge in [0.05, 0.1) is 6.61 Å². The number of anilines is 1. The van der Waals surface area contributed by atoms with Crippen LogP contribution in [0, 0.1) is 0 Å². The summed E-state index contributed by atoms with van der Waals surface area (Å²) < 4.78 is 5.55. The molecule has 5 heteroatoms. The van der Waals surface area contributed by atoms with Crippen LogP contribution in [0.1, 0.15) is 11.1 Å². The fraction of sp³-hybridized carbons (Fsp3) is 0.263. The second-order valence-corrected chi connectivity index (χ2v) is 5.71. The molecule has 0 saturated heterocycles. The number of nitrogens with zero attached hydrogens (tertiary/aromatic N) is 1. The Hall–Kier alpha value is -2.66. The van der Waals surface area contributed by atoms with E-state index in [0.29, 0.717) is 13.0 Å². The Morgan fingerprint density at radius 1 is 1.12 bits per heavy atom. The molecule has 0 radical (unpaired) electrons. The smallest absolute Gasteiger partial charge is 0.253 e. The summed E-state index contributed by atoms with van der Waals surface area (Å²) in [7, 11) is 1.58. The van der Waals surface area contributed by atoms with Crippen LogP contribution in [-0.2, 0) is 27.4 Å². The first-order valence-electron chi connectivity index (χ1n) is 7.94. The summed E-state index contributed by atoms with van der Waals surface area (Å²) in [5.41, 5.74) is 2.80. The highest BCUT2D eigenvalue weighted by Gasteiger charge is 2.37. The molecule has 1 heterocycles. The van der Waals surface area contributed by atoms with Crippen LogP contribution < -0.4 is 10.2 Å². The van der Waals surface area contributed by atoms with Gasteiger partial charge in [0.15, 0.2) is 0 Å². The van der Waals surface area contributed by atoms with Crippen LogP contribution in [0.3, 0.4) is 0 Å². The summed E-state index contributed by atoms with van der Waals surface area (Å²) in [4.78, 5) is 26.4. The first-order valence-corrected chi connectivity index (χ1v) is 7.94. The monoisotopic (exact) mass is 324 g/mol. The highest BCUT2D eigenvalue weighted by atomic mass is 16.5. The van der Waals surface area contributed by atoms with Gasteiger partial charge >= 0.3 is 0 Å². The zero-order chi connectivity index (χ0) is 16.9. The average molecular weight is 324 g/mol. The molecule has 3 rings (SSSR count). The normalized spacial score (nSPS) is 15.9. The summed E-state index contributed by atoms with van der Waals surface area (Å²) in [6, 6.07) is 16.8. The number of hydrogen-bond donors (Lipinski definition) is 1. The number of fused-ring (bicyclic) bond motifs is 1. The van der Waals surface area contributed by atoms with Crippen molar-refractivity contribution in [2.75, 3.05) is 18.6 Å². The Kier molecular flexibility index (Phi) is 4.91. The fourth-order valence-electron chi connectivity index (χ4n) is 2.97. The summed E-state index contributed by atoms with van der Waals surface area (Å²) in [6.45, 7) is 0.309. The minimum atomic E-state index is -0.514. The molecule has 1 unspecified atom stereocenters. The van der Waals surface area contributed by atoms with Crippen molar-refractivity contribution in [3.8, 4) is 0 Å².